The normalized spacial score (nSPS) is 13.1. The molecular weight excluding hydrogens is 856 g/mol. The number of rotatable bonds is 45. The van der Waals surface area contributed by atoms with Crippen molar-refractivity contribution in [3.8, 4) is 0 Å². The highest BCUT2D eigenvalue weighted by Gasteiger charge is 2.26. The van der Waals surface area contributed by atoms with E-state index in [1.54, 1.807) is 6.20 Å². The number of hydrogen-bond acceptors (Lipinski definition) is 11. The van der Waals surface area contributed by atoms with Gasteiger partial charge in [-0.25, -0.2) is 9.55 Å². The van der Waals surface area contributed by atoms with Gasteiger partial charge in [0.1, 0.15) is 11.6 Å². The van der Waals surface area contributed by atoms with Gasteiger partial charge in [-0.05, 0) is 87.1 Å². The van der Waals surface area contributed by atoms with Crippen LogP contribution in [0.25, 0.3) is 0 Å². The Morgan fingerprint density at radius 3 is 1.70 bits per heavy atom. The van der Waals surface area contributed by atoms with Crippen molar-refractivity contribution in [2.45, 2.75) is 211 Å². The number of carbonyl (C=O) groups is 3. The SMILES string of the molecule is CCCCCCCCC=CCCCCCCCC(=O)OCC(COP(=O)(O)OCCNC(=O)CCSSc1ccccn1)OC(=O)CCCCCCCC=CCCCCCCCC. The molecule has 0 spiro atoms. The summed E-state index contributed by atoms with van der Waals surface area (Å²) >= 11 is 0. The summed E-state index contributed by atoms with van der Waals surface area (Å²) in [5.41, 5.74) is 0. The van der Waals surface area contributed by atoms with Gasteiger partial charge in [0.25, 0.3) is 0 Å². The molecule has 1 aromatic heterocycles. The van der Waals surface area contributed by atoms with E-state index in [4.69, 9.17) is 18.5 Å². The molecule has 0 radical (unpaired) electrons. The van der Waals surface area contributed by atoms with Gasteiger partial charge in [0.15, 0.2) is 6.10 Å². The third-order valence-corrected chi connectivity index (χ3v) is 13.6. The fourth-order valence-corrected chi connectivity index (χ4v) is 9.21. The van der Waals surface area contributed by atoms with E-state index in [-0.39, 0.29) is 44.9 Å². The molecule has 11 nitrogen and oxygen atoms in total. The highest BCUT2D eigenvalue weighted by atomic mass is 33.1. The van der Waals surface area contributed by atoms with E-state index in [9.17, 15) is 23.8 Å². The van der Waals surface area contributed by atoms with Crippen molar-refractivity contribution in [2.75, 3.05) is 32.1 Å². The summed E-state index contributed by atoms with van der Waals surface area (Å²) < 4.78 is 33.9. The lowest BCUT2D eigenvalue weighted by Crippen LogP contribution is -2.30. The Labute approximate surface area is 390 Å². The van der Waals surface area contributed by atoms with Gasteiger partial charge >= 0.3 is 19.8 Å². The molecule has 2 atom stereocenters. The van der Waals surface area contributed by atoms with Crippen LogP contribution in [0.1, 0.15) is 200 Å². The fourth-order valence-electron chi connectivity index (χ4n) is 6.59. The number of phosphoric ester groups is 1. The molecule has 0 saturated heterocycles. The molecule has 2 N–H and O–H groups in total. The van der Waals surface area contributed by atoms with Crippen LogP contribution >= 0.6 is 29.4 Å². The van der Waals surface area contributed by atoms with Gasteiger partial charge in [0.05, 0.1) is 13.2 Å². The van der Waals surface area contributed by atoms with Gasteiger partial charge in [-0.2, -0.15) is 0 Å². The van der Waals surface area contributed by atoms with Crippen LogP contribution in [0.3, 0.4) is 0 Å². The minimum atomic E-state index is -4.56. The smallest absolute Gasteiger partial charge is 0.462 e. The molecular formula is C49H85N2O9PS2. The number of ether oxygens (including phenoxy) is 2. The number of nitrogens with one attached hydrogen (secondary N) is 1. The number of amides is 1. The zero-order valence-electron chi connectivity index (χ0n) is 39.2. The number of hydrogen-bond donors (Lipinski definition) is 2. The topological polar surface area (TPSA) is 150 Å². The van der Waals surface area contributed by atoms with Gasteiger partial charge in [0.2, 0.25) is 5.91 Å². The van der Waals surface area contributed by atoms with Crippen molar-refractivity contribution in [1.29, 1.82) is 0 Å². The zero-order valence-corrected chi connectivity index (χ0v) is 41.7. The third-order valence-electron chi connectivity index (χ3n) is 10.3. The quantitative estimate of drug-likeness (QED) is 0.0211. The lowest BCUT2D eigenvalue weighted by molar-refractivity contribution is -0.161. The highest BCUT2D eigenvalue weighted by Crippen LogP contribution is 2.43. The third kappa shape index (κ3) is 41.1. The lowest BCUT2D eigenvalue weighted by atomic mass is 10.1. The molecule has 0 fully saturated rings. The molecule has 1 amide bonds. The summed E-state index contributed by atoms with van der Waals surface area (Å²) in [6.07, 6.45) is 40.6. The van der Waals surface area contributed by atoms with Crippen LogP contribution in [0.5, 0.6) is 0 Å². The Morgan fingerprint density at radius 1 is 0.667 bits per heavy atom. The molecule has 362 valence electrons. The number of unbranched alkanes of at least 4 members (excludes halogenated alkanes) is 22. The first-order valence-electron chi connectivity index (χ1n) is 24.5. The van der Waals surface area contributed by atoms with Crippen molar-refractivity contribution >= 4 is 47.3 Å². The van der Waals surface area contributed by atoms with Crippen LogP contribution in [0.2, 0.25) is 0 Å². The average molecular weight is 941 g/mol. The maximum Gasteiger partial charge on any atom is 0.472 e. The first-order valence-corrected chi connectivity index (χ1v) is 28.3. The van der Waals surface area contributed by atoms with Crippen molar-refractivity contribution in [2.24, 2.45) is 0 Å². The Balaban J connectivity index is 2.38. The van der Waals surface area contributed by atoms with Gasteiger partial charge < -0.3 is 19.7 Å². The lowest BCUT2D eigenvalue weighted by Gasteiger charge is -2.20. The molecule has 14 heteroatoms. The molecule has 0 aliphatic rings. The first-order chi connectivity index (χ1) is 30.8. The molecule has 2 unspecified atom stereocenters. The molecule has 1 rings (SSSR count). The van der Waals surface area contributed by atoms with Crippen molar-refractivity contribution in [3.05, 3.63) is 48.7 Å². The predicted molar refractivity (Wildman–Crippen MR) is 262 cm³/mol. The molecule has 63 heavy (non-hydrogen) atoms. The standard InChI is InChI=1S/C49H85N2O9PS2/c1-3-5-7-9-11-13-15-17-19-21-23-25-27-29-31-36-48(53)57-43-45(60-49(54)37-32-30-28-26-24-22-20-18-16-14-12-10-8-6-4-2)44-59-61(55,56)58-41-40-50-46(52)38-42-62-63-47-35-33-34-39-51-47/h17-20,33-35,39,45H,3-16,21-32,36-38,40-44H2,1-2H3,(H,50,52)(H,55,56). The van der Waals surface area contributed by atoms with Gasteiger partial charge in [0, 0.05) is 37.8 Å². The second-order valence-corrected chi connectivity index (χ2v) is 20.1. The highest BCUT2D eigenvalue weighted by molar-refractivity contribution is 8.76. The number of allylic oxidation sites excluding steroid dienone is 4. The number of pyridine rings is 1. The van der Waals surface area contributed by atoms with Crippen molar-refractivity contribution < 1.29 is 42.4 Å². The molecule has 0 aliphatic carbocycles. The summed E-state index contributed by atoms with van der Waals surface area (Å²) in [4.78, 5) is 52.1. The van der Waals surface area contributed by atoms with Crippen molar-refractivity contribution in [3.63, 3.8) is 0 Å². The summed E-state index contributed by atoms with van der Waals surface area (Å²) in [5, 5.41) is 3.52. The van der Waals surface area contributed by atoms with Crippen LogP contribution in [0.4, 0.5) is 0 Å². The van der Waals surface area contributed by atoms with Crippen LogP contribution in [-0.2, 0) is 37.5 Å². The Hall–Kier alpha value is -2.15. The van der Waals surface area contributed by atoms with Crippen LogP contribution < -0.4 is 5.32 Å². The zero-order chi connectivity index (χ0) is 45.7. The van der Waals surface area contributed by atoms with E-state index in [1.165, 1.54) is 105 Å². The average Bonchev–Trinajstić information content (AvgIpc) is 3.28. The summed E-state index contributed by atoms with van der Waals surface area (Å²) in [6, 6.07) is 5.63. The number of nitrogens with zero attached hydrogens (tertiary/aromatic N) is 1. The van der Waals surface area contributed by atoms with E-state index < -0.39 is 32.5 Å². The summed E-state index contributed by atoms with van der Waals surface area (Å²) in [6.45, 7) is 3.44. The molecule has 0 aromatic carbocycles. The van der Waals surface area contributed by atoms with Crippen LogP contribution in [-0.4, -0.2) is 65.9 Å². The monoisotopic (exact) mass is 941 g/mol. The van der Waals surface area contributed by atoms with E-state index in [2.05, 4.69) is 48.5 Å². The van der Waals surface area contributed by atoms with E-state index >= 15 is 0 Å². The summed E-state index contributed by atoms with van der Waals surface area (Å²) in [5.74, 6) is -0.556. The largest absolute Gasteiger partial charge is 0.472 e. The number of phosphoric acid groups is 1. The second-order valence-electron chi connectivity index (χ2n) is 16.2. The molecule has 1 aromatic rings. The minimum Gasteiger partial charge on any atom is -0.462 e. The Bertz CT molecular complexity index is 1360. The Morgan fingerprint density at radius 2 is 1.17 bits per heavy atom. The van der Waals surface area contributed by atoms with Crippen LogP contribution in [0, 0.1) is 0 Å². The summed E-state index contributed by atoms with van der Waals surface area (Å²) in [7, 11) is -1.57. The van der Waals surface area contributed by atoms with Crippen LogP contribution in [0.15, 0.2) is 53.7 Å². The molecule has 0 aliphatic heterocycles. The van der Waals surface area contributed by atoms with E-state index in [0.29, 0.717) is 18.6 Å². The number of carbonyl (C=O) groups excluding carboxylic acids is 3. The van der Waals surface area contributed by atoms with E-state index in [0.717, 1.165) is 75.7 Å². The molecule has 1 heterocycles. The predicted octanol–water partition coefficient (Wildman–Crippen LogP) is 14.0. The molecule has 0 bridgehead atoms. The first kappa shape index (κ1) is 58.9. The second kappa shape index (κ2) is 43.7. The van der Waals surface area contributed by atoms with Crippen molar-refractivity contribution in [1.82, 2.24) is 10.3 Å². The maximum absolute atomic E-state index is 12.8. The number of aromatic nitrogens is 1. The van der Waals surface area contributed by atoms with Gasteiger partial charge in [-0.1, -0.05) is 158 Å². The molecule has 0 saturated carbocycles. The Kier molecular flexibility index (Phi) is 40.9. The number of esters is 2. The fraction of sp³-hybridized carbons (Fsp3) is 0.755. The maximum atomic E-state index is 12.8. The van der Waals surface area contributed by atoms with Gasteiger partial charge in [-0.3, -0.25) is 23.4 Å². The minimum absolute atomic E-state index is 0.00708. The van der Waals surface area contributed by atoms with E-state index in [1.807, 2.05) is 18.2 Å². The van der Waals surface area contributed by atoms with Gasteiger partial charge in [-0.15, -0.1) is 0 Å².